The average molecular weight is 783 g/mol. The van der Waals surface area contributed by atoms with Crippen LogP contribution in [0.5, 0.6) is 23.0 Å². The molecule has 0 amide bonds. The fourth-order valence-electron chi connectivity index (χ4n) is 3.41. The number of halogens is 1. The summed E-state index contributed by atoms with van der Waals surface area (Å²) >= 11 is 1.33. The summed E-state index contributed by atoms with van der Waals surface area (Å²) in [6.45, 7) is 1.73. The van der Waals surface area contributed by atoms with E-state index < -0.39 is 0 Å². The van der Waals surface area contributed by atoms with Gasteiger partial charge >= 0.3 is 27.2 Å². The van der Waals surface area contributed by atoms with E-state index >= 15 is 0 Å². The van der Waals surface area contributed by atoms with Crippen molar-refractivity contribution in [2.45, 2.75) is 13.0 Å². The SMILES string of the molecule is COc1ccnc(-c2cc(OC)ccn2)c1.COc1ccnc(-c2cc(OC)ccn2)c1.NCCCn1ccnc1.[Cl][Os]. The summed E-state index contributed by atoms with van der Waals surface area (Å²) < 4.78 is 22.6. The van der Waals surface area contributed by atoms with Gasteiger partial charge in [-0.1, -0.05) is 0 Å². The van der Waals surface area contributed by atoms with Crippen molar-refractivity contribution < 1.29 is 36.5 Å². The molecular formula is C30H35ClN7O4Os. The predicted octanol–water partition coefficient (Wildman–Crippen LogP) is 5.24. The van der Waals surface area contributed by atoms with Crippen molar-refractivity contribution in [3.63, 3.8) is 0 Å². The van der Waals surface area contributed by atoms with Gasteiger partial charge in [0.25, 0.3) is 0 Å². The molecule has 0 aliphatic rings. The topological polar surface area (TPSA) is 132 Å². The molecule has 13 heteroatoms. The number of nitrogens with two attached hydrogens (primary N) is 1. The van der Waals surface area contributed by atoms with Gasteiger partial charge in [-0.25, -0.2) is 4.98 Å². The van der Waals surface area contributed by atoms with Crippen LogP contribution in [0.1, 0.15) is 6.42 Å². The standard InChI is InChI=1S/2C12H12N2O2.C6H11N3.ClH.Os/c2*1-15-9-3-5-13-11(7-9)12-8-10(16-2)4-6-14-12;7-2-1-4-9-5-3-8-6-9;;/h2*3-8H,1-2H3;3,5-6H,1-2,4,7H2;1H;/q;;;;+1/p-1. The van der Waals surface area contributed by atoms with Crippen molar-refractivity contribution in [2.75, 3.05) is 35.0 Å². The Balaban J connectivity index is 0.000000227. The molecule has 0 unspecified atom stereocenters. The van der Waals surface area contributed by atoms with Gasteiger partial charge in [-0.15, -0.1) is 0 Å². The van der Waals surface area contributed by atoms with Crippen molar-refractivity contribution >= 4 is 9.64 Å². The number of rotatable bonds is 9. The number of hydrogen-bond donors (Lipinski definition) is 1. The van der Waals surface area contributed by atoms with E-state index in [9.17, 15) is 0 Å². The van der Waals surface area contributed by atoms with Crippen LogP contribution < -0.4 is 24.7 Å². The third-order valence-corrected chi connectivity index (χ3v) is 5.57. The molecule has 5 aromatic heterocycles. The van der Waals surface area contributed by atoms with Crippen molar-refractivity contribution in [1.29, 1.82) is 0 Å². The Morgan fingerprint density at radius 3 is 1.23 bits per heavy atom. The second-order valence-corrected chi connectivity index (χ2v) is 8.27. The molecule has 0 fully saturated rings. The minimum atomic E-state index is 0.748. The number of hydrogen-bond acceptors (Lipinski definition) is 10. The molecule has 11 nitrogen and oxygen atoms in total. The third-order valence-electron chi connectivity index (χ3n) is 5.57. The van der Waals surface area contributed by atoms with Gasteiger partial charge in [-0.2, -0.15) is 0 Å². The molecule has 5 rings (SSSR count). The van der Waals surface area contributed by atoms with Crippen LogP contribution in [-0.4, -0.2) is 64.5 Å². The zero-order valence-electron chi connectivity index (χ0n) is 24.4. The number of nitrogens with zero attached hydrogens (tertiary/aromatic N) is 6. The number of ether oxygens (including phenoxy) is 4. The molecule has 2 N–H and O–H groups in total. The van der Waals surface area contributed by atoms with E-state index in [0.717, 1.165) is 65.3 Å². The summed E-state index contributed by atoms with van der Waals surface area (Å²) in [5, 5.41) is 0. The summed E-state index contributed by atoms with van der Waals surface area (Å²) in [7, 11) is 11.2. The predicted molar refractivity (Wildman–Crippen MR) is 163 cm³/mol. The van der Waals surface area contributed by atoms with Gasteiger partial charge in [0.05, 0.1) is 57.5 Å². The summed E-state index contributed by atoms with van der Waals surface area (Å²) in [6.07, 6.45) is 13.3. The Morgan fingerprint density at radius 1 is 0.628 bits per heavy atom. The van der Waals surface area contributed by atoms with Crippen LogP contribution in [0.25, 0.3) is 22.8 Å². The summed E-state index contributed by atoms with van der Waals surface area (Å²) in [5.74, 6) is 3.04. The molecule has 0 spiro atoms. The van der Waals surface area contributed by atoms with Crippen LogP contribution >= 0.6 is 9.64 Å². The first-order valence-corrected chi connectivity index (χ1v) is 16.0. The molecule has 5 aromatic rings. The molecule has 0 atom stereocenters. The maximum absolute atomic E-state index is 5.31. The van der Waals surface area contributed by atoms with Crippen LogP contribution in [0.2, 0.25) is 0 Å². The molecule has 0 aliphatic heterocycles. The molecule has 0 radical (unpaired) electrons. The first-order valence-electron chi connectivity index (χ1n) is 12.9. The number of methoxy groups -OCH3 is 4. The van der Waals surface area contributed by atoms with Crippen LogP contribution in [0.15, 0.2) is 92.0 Å². The monoisotopic (exact) mass is 784 g/mol. The Morgan fingerprint density at radius 2 is 0.977 bits per heavy atom. The normalized spacial score (nSPS) is 9.56. The second-order valence-electron chi connectivity index (χ2n) is 8.27. The van der Waals surface area contributed by atoms with Crippen LogP contribution in [0.4, 0.5) is 0 Å². The Bertz CT molecular complexity index is 1280. The van der Waals surface area contributed by atoms with Crippen molar-refractivity contribution in [3.8, 4) is 45.8 Å². The van der Waals surface area contributed by atoms with Gasteiger partial charge in [0.2, 0.25) is 0 Å². The number of imidazole rings is 1. The van der Waals surface area contributed by atoms with E-state index in [1.165, 1.54) is 17.6 Å². The van der Waals surface area contributed by atoms with Gasteiger partial charge in [-0.05, 0) is 37.2 Å². The van der Waals surface area contributed by atoms with Gasteiger partial charge in [-0.3, -0.25) is 19.9 Å². The number of pyridine rings is 4. The Kier molecular flexibility index (Phi) is 16.9. The number of aromatic nitrogens is 6. The van der Waals surface area contributed by atoms with Crippen LogP contribution in [0, 0.1) is 0 Å². The molecule has 0 aromatic carbocycles. The van der Waals surface area contributed by atoms with Crippen LogP contribution in [-0.2, 0) is 24.1 Å². The third kappa shape index (κ3) is 12.3. The van der Waals surface area contributed by atoms with E-state index in [4.69, 9.17) is 24.7 Å². The van der Waals surface area contributed by atoms with Crippen molar-refractivity contribution in [1.82, 2.24) is 29.5 Å². The number of aryl methyl sites for hydroxylation is 1. The molecule has 0 bridgehead atoms. The van der Waals surface area contributed by atoms with Gasteiger partial charge in [0.1, 0.15) is 23.0 Å². The first kappa shape index (κ1) is 35.1. The fourth-order valence-corrected chi connectivity index (χ4v) is 3.41. The molecule has 5 heterocycles. The quantitative estimate of drug-likeness (QED) is 0.212. The minimum absolute atomic E-state index is 0.748. The molecule has 0 saturated carbocycles. The van der Waals surface area contributed by atoms with Crippen molar-refractivity contribution in [2.24, 2.45) is 5.73 Å². The molecule has 43 heavy (non-hydrogen) atoms. The van der Waals surface area contributed by atoms with Gasteiger partial charge in [0.15, 0.2) is 0 Å². The first-order chi connectivity index (χ1) is 21.1. The van der Waals surface area contributed by atoms with Gasteiger partial charge in [0, 0.05) is 68.0 Å². The van der Waals surface area contributed by atoms with E-state index in [1.807, 2.05) is 35.0 Å². The molecule has 229 valence electrons. The summed E-state index contributed by atoms with van der Waals surface area (Å²) in [6, 6.07) is 14.5. The second kappa shape index (κ2) is 20.7. The Labute approximate surface area is 266 Å². The maximum atomic E-state index is 5.31. The molecular weight excluding hydrogens is 748 g/mol. The molecule has 0 saturated heterocycles. The van der Waals surface area contributed by atoms with E-state index in [-0.39, 0.29) is 0 Å². The fraction of sp³-hybridized carbons (Fsp3) is 0.233. The van der Waals surface area contributed by atoms with E-state index in [0.29, 0.717) is 0 Å². The summed E-state index contributed by atoms with van der Waals surface area (Å²) in [4.78, 5) is 20.8. The molecule has 0 aliphatic carbocycles. The zero-order chi connectivity index (χ0) is 31.3. The zero-order valence-corrected chi connectivity index (χ0v) is 27.7. The summed E-state index contributed by atoms with van der Waals surface area (Å²) in [5.41, 5.74) is 8.36. The van der Waals surface area contributed by atoms with Crippen LogP contribution in [0.3, 0.4) is 0 Å². The van der Waals surface area contributed by atoms with E-state index in [2.05, 4.69) is 34.6 Å². The Hall–Kier alpha value is -4.10. The van der Waals surface area contributed by atoms with Gasteiger partial charge < -0.3 is 29.2 Å². The van der Waals surface area contributed by atoms with E-state index in [1.54, 1.807) is 90.0 Å². The average Bonchev–Trinajstić information content (AvgIpc) is 3.63. The van der Waals surface area contributed by atoms with Crippen molar-refractivity contribution in [3.05, 3.63) is 92.0 Å².